The van der Waals surface area contributed by atoms with E-state index in [0.717, 1.165) is 6.20 Å². The smallest absolute Gasteiger partial charge is 0.315 e. The third-order valence-corrected chi connectivity index (χ3v) is 2.12. The molecular formula is C5H2N8O7. The fraction of sp³-hybridized carbons (Fsp3) is 0.200. The summed E-state index contributed by atoms with van der Waals surface area (Å²) in [5, 5.41) is 44.5. The van der Waals surface area contributed by atoms with E-state index in [1.165, 1.54) is 0 Å². The average molecular weight is 286 g/mol. The van der Waals surface area contributed by atoms with E-state index in [1.54, 1.807) is 0 Å². The Morgan fingerprint density at radius 2 is 1.75 bits per heavy atom. The lowest BCUT2D eigenvalue weighted by Gasteiger charge is -2.03. The Hall–Kier alpha value is -3.52. The van der Waals surface area contributed by atoms with E-state index < -0.39 is 32.3 Å². The number of rotatable bonds is 5. The van der Waals surface area contributed by atoms with E-state index in [0.29, 0.717) is 0 Å². The van der Waals surface area contributed by atoms with Gasteiger partial charge in [0.15, 0.2) is 20.5 Å². The molecule has 0 aromatic carbocycles. The molecule has 104 valence electrons. The molecule has 2 aromatic heterocycles. The Bertz CT molecular complexity index is 639. The molecule has 2 aromatic rings. The maximum absolute atomic E-state index is 10.8. The van der Waals surface area contributed by atoms with Crippen LogP contribution in [0.3, 0.4) is 0 Å². The van der Waals surface area contributed by atoms with Gasteiger partial charge < -0.3 is 4.52 Å². The molecule has 20 heavy (non-hydrogen) atoms. The van der Waals surface area contributed by atoms with Gasteiger partial charge in [0.1, 0.15) is 0 Å². The van der Waals surface area contributed by atoms with Crippen molar-refractivity contribution in [2.75, 3.05) is 0 Å². The van der Waals surface area contributed by atoms with Gasteiger partial charge >= 0.3 is 11.7 Å². The van der Waals surface area contributed by atoms with Crippen LogP contribution in [-0.2, 0) is 5.79 Å². The molecule has 15 nitrogen and oxygen atoms in total. The van der Waals surface area contributed by atoms with Crippen molar-refractivity contribution in [2.45, 2.75) is 5.79 Å². The fourth-order valence-electron chi connectivity index (χ4n) is 1.21. The van der Waals surface area contributed by atoms with Crippen LogP contribution in [0.1, 0.15) is 5.89 Å². The molecule has 0 aliphatic heterocycles. The second-order valence-corrected chi connectivity index (χ2v) is 3.19. The Morgan fingerprint density at radius 1 is 1.15 bits per heavy atom. The third-order valence-electron chi connectivity index (χ3n) is 2.12. The lowest BCUT2D eigenvalue weighted by atomic mass is 10.3. The minimum absolute atomic E-state index is 0.0658. The van der Waals surface area contributed by atoms with Crippen molar-refractivity contribution in [1.82, 2.24) is 25.6 Å². The van der Waals surface area contributed by atoms with Gasteiger partial charge in [0.05, 0.1) is 6.20 Å². The molecule has 2 rings (SSSR count). The summed E-state index contributed by atoms with van der Waals surface area (Å²) in [6, 6.07) is 0. The van der Waals surface area contributed by atoms with Gasteiger partial charge in [-0.25, -0.2) is 0 Å². The van der Waals surface area contributed by atoms with Crippen LogP contribution in [0.2, 0.25) is 0 Å². The molecule has 0 bridgehead atoms. The zero-order valence-corrected chi connectivity index (χ0v) is 9.07. The number of nitro groups is 3. The van der Waals surface area contributed by atoms with E-state index in [4.69, 9.17) is 0 Å². The van der Waals surface area contributed by atoms with Crippen LogP contribution in [0.15, 0.2) is 10.7 Å². The van der Waals surface area contributed by atoms with Crippen LogP contribution in [-0.4, -0.2) is 40.3 Å². The average Bonchev–Trinajstić information content (AvgIpc) is 2.97. The summed E-state index contributed by atoms with van der Waals surface area (Å²) in [7, 11) is 0. The first-order chi connectivity index (χ1) is 9.40. The van der Waals surface area contributed by atoms with Crippen LogP contribution in [0.4, 0.5) is 0 Å². The molecule has 0 spiro atoms. The lowest BCUT2D eigenvalue weighted by molar-refractivity contribution is -0.989. The van der Waals surface area contributed by atoms with Crippen molar-refractivity contribution in [1.29, 1.82) is 0 Å². The van der Waals surface area contributed by atoms with Gasteiger partial charge in [-0.2, -0.15) is 20.4 Å². The summed E-state index contributed by atoms with van der Waals surface area (Å²) in [6.45, 7) is 0. The summed E-state index contributed by atoms with van der Waals surface area (Å²) in [4.78, 5) is 30.3. The van der Waals surface area contributed by atoms with E-state index in [-0.39, 0.29) is 5.69 Å². The molecule has 0 saturated heterocycles. The van der Waals surface area contributed by atoms with Gasteiger partial charge in [-0.15, -0.1) is 0 Å². The predicted molar refractivity (Wildman–Crippen MR) is 52.3 cm³/mol. The maximum atomic E-state index is 10.8. The number of hydrogen-bond acceptors (Lipinski definition) is 11. The fourth-order valence-corrected chi connectivity index (χ4v) is 1.21. The zero-order chi connectivity index (χ0) is 14.9. The highest BCUT2D eigenvalue weighted by Crippen LogP contribution is 2.26. The van der Waals surface area contributed by atoms with Crippen molar-refractivity contribution in [2.24, 2.45) is 0 Å². The third kappa shape index (κ3) is 1.61. The van der Waals surface area contributed by atoms with Gasteiger partial charge in [0, 0.05) is 0 Å². The first-order valence-corrected chi connectivity index (χ1v) is 4.54. The predicted octanol–water partition coefficient (Wildman–Crippen LogP) is -1.20. The molecule has 2 heterocycles. The second-order valence-electron chi connectivity index (χ2n) is 3.19. The van der Waals surface area contributed by atoms with Gasteiger partial charge in [0.25, 0.3) is 0 Å². The Kier molecular flexibility index (Phi) is 2.78. The molecule has 1 N–H and O–H groups in total. The standard InChI is InChI=1S/C5H2N8O7/c14-11(15)5(12(16)17,13(18)19)4-7-3(9-20-4)2-1-6-10-8-2/h1H,(H,6,8,10). The highest BCUT2D eigenvalue weighted by molar-refractivity contribution is 5.44. The second kappa shape index (κ2) is 4.30. The molecule has 0 atom stereocenters. The highest BCUT2D eigenvalue weighted by Gasteiger charge is 2.78. The Morgan fingerprint density at radius 3 is 2.20 bits per heavy atom. The summed E-state index contributed by atoms with van der Waals surface area (Å²) < 4.78 is 4.27. The minimum Gasteiger partial charge on any atom is -0.315 e. The van der Waals surface area contributed by atoms with E-state index in [2.05, 4.69) is 30.1 Å². The number of H-pyrrole nitrogens is 1. The van der Waals surface area contributed by atoms with E-state index in [9.17, 15) is 30.3 Å². The molecule has 0 unspecified atom stereocenters. The molecule has 0 radical (unpaired) electrons. The molecule has 0 aliphatic carbocycles. The summed E-state index contributed by atoms with van der Waals surface area (Å²) in [5.74, 6) is -5.81. The van der Waals surface area contributed by atoms with Crippen molar-refractivity contribution in [3.8, 4) is 11.5 Å². The number of nitrogens with one attached hydrogen (secondary N) is 1. The minimum atomic E-state index is -3.98. The lowest BCUT2D eigenvalue weighted by Crippen LogP contribution is -2.50. The van der Waals surface area contributed by atoms with Gasteiger partial charge in [-0.1, -0.05) is 5.16 Å². The van der Waals surface area contributed by atoms with E-state index >= 15 is 0 Å². The maximum Gasteiger partial charge on any atom is 0.782 e. The van der Waals surface area contributed by atoms with Crippen molar-refractivity contribution < 1.29 is 19.3 Å². The summed E-state index contributed by atoms with van der Waals surface area (Å²) in [5.41, 5.74) is -0.0658. The SMILES string of the molecule is O=[N+]([O-])C(c1nc(-c2cn[nH]n2)no1)([N+](=O)[O-])[N+](=O)[O-]. The van der Waals surface area contributed by atoms with Crippen LogP contribution in [0.5, 0.6) is 0 Å². The Labute approximate surface area is 106 Å². The number of aromatic nitrogens is 5. The number of nitrogens with zero attached hydrogens (tertiary/aromatic N) is 7. The topological polar surface area (TPSA) is 210 Å². The number of aromatic amines is 1. The molecule has 15 heteroatoms. The van der Waals surface area contributed by atoms with Gasteiger partial charge in [-0.05, 0) is 0 Å². The molecule has 0 saturated carbocycles. The van der Waals surface area contributed by atoms with E-state index in [1.807, 2.05) is 0 Å². The molecule has 0 amide bonds. The highest BCUT2D eigenvalue weighted by atomic mass is 16.7. The zero-order valence-electron chi connectivity index (χ0n) is 9.07. The van der Waals surface area contributed by atoms with Crippen LogP contribution in [0.25, 0.3) is 11.5 Å². The van der Waals surface area contributed by atoms with Gasteiger partial charge in [-0.3, -0.25) is 30.3 Å². The summed E-state index contributed by atoms with van der Waals surface area (Å²) in [6.07, 6.45) is 1.08. The first-order valence-electron chi connectivity index (χ1n) is 4.54. The number of hydrogen-bond donors (Lipinski definition) is 1. The van der Waals surface area contributed by atoms with Crippen molar-refractivity contribution in [3.05, 3.63) is 42.4 Å². The monoisotopic (exact) mass is 286 g/mol. The molecule has 0 aliphatic rings. The Balaban J connectivity index is 2.59. The quantitative estimate of drug-likeness (QED) is 0.391. The van der Waals surface area contributed by atoms with Crippen molar-refractivity contribution in [3.63, 3.8) is 0 Å². The molecule has 0 fully saturated rings. The first kappa shape index (κ1) is 12.9. The largest absolute Gasteiger partial charge is 0.782 e. The van der Waals surface area contributed by atoms with Crippen molar-refractivity contribution >= 4 is 0 Å². The van der Waals surface area contributed by atoms with Crippen LogP contribution >= 0.6 is 0 Å². The summed E-state index contributed by atoms with van der Waals surface area (Å²) >= 11 is 0. The van der Waals surface area contributed by atoms with Crippen LogP contribution in [0, 0.1) is 30.3 Å². The van der Waals surface area contributed by atoms with Crippen LogP contribution < -0.4 is 0 Å². The normalized spacial score (nSPS) is 11.2. The van der Waals surface area contributed by atoms with Gasteiger partial charge in [0.2, 0.25) is 5.82 Å². The molecular weight excluding hydrogens is 284 g/mol.